The lowest BCUT2D eigenvalue weighted by molar-refractivity contribution is -0.286. The third-order valence-electron chi connectivity index (χ3n) is 9.40. The Bertz CT molecular complexity index is 2030. The molecule has 4 heterocycles. The molecule has 0 saturated heterocycles. The molecule has 2 aromatic heterocycles. The predicted octanol–water partition coefficient (Wildman–Crippen LogP) is 4.14. The van der Waals surface area contributed by atoms with Crippen LogP contribution in [0.1, 0.15) is 54.2 Å². The summed E-state index contributed by atoms with van der Waals surface area (Å²) >= 11 is 0. The minimum atomic E-state index is -3.86. The number of hydrogen-bond donors (Lipinski definition) is 3. The molecule has 11 nitrogen and oxygen atoms in total. The van der Waals surface area contributed by atoms with Crippen molar-refractivity contribution in [3.05, 3.63) is 65.2 Å². The van der Waals surface area contributed by atoms with Crippen LogP contribution in [0.2, 0.25) is 0 Å². The molecule has 244 valence electrons. The van der Waals surface area contributed by atoms with E-state index in [2.05, 4.69) is 19.9 Å². The van der Waals surface area contributed by atoms with Gasteiger partial charge in [-0.1, -0.05) is 0 Å². The van der Waals surface area contributed by atoms with Crippen molar-refractivity contribution in [1.29, 1.82) is 0 Å². The van der Waals surface area contributed by atoms with Gasteiger partial charge in [0.25, 0.3) is 5.91 Å². The monoisotopic (exact) mass is 653 g/mol. The van der Waals surface area contributed by atoms with Crippen molar-refractivity contribution < 1.29 is 46.5 Å². The van der Waals surface area contributed by atoms with E-state index in [0.717, 1.165) is 10.7 Å². The maximum Gasteiger partial charge on any atom is 0.586 e. The van der Waals surface area contributed by atoms with Crippen LogP contribution in [0.4, 0.5) is 17.6 Å². The lowest BCUT2D eigenvalue weighted by Crippen LogP contribution is -2.44. The number of benzene rings is 2. The first kappa shape index (κ1) is 29.5. The molecule has 4 N–H and O–H groups in total. The minimum absolute atomic E-state index is 0.0640. The molecule has 2 aliphatic carbocycles. The van der Waals surface area contributed by atoms with Gasteiger partial charge >= 0.3 is 6.29 Å². The average Bonchev–Trinajstić information content (AvgIpc) is 3.91. The zero-order chi connectivity index (χ0) is 33.1. The standard InChI is InChI=1S/C32H27F4N5O6/c1-29(28(37)43)14-45-26-19(29)11-23(39-25(26)15-2-5-21-22(10-15)47-32(35,36)46-21)31(44,18-3-4-18)13-38-27(42)16-8-17-12-41(30(34)6-7-30)40-24(17)20(33)9-16/h2,5,8-12,18,44H,3-4,6-7,13-14H2,1H3,(H2,37,43)(H,38,42)/t29-,31?/m0/s1. The lowest BCUT2D eigenvalue weighted by Gasteiger charge is -2.30. The number of halogens is 4. The summed E-state index contributed by atoms with van der Waals surface area (Å²) in [6.45, 7) is 1.09. The first-order chi connectivity index (χ1) is 22.2. The number of pyridine rings is 1. The van der Waals surface area contributed by atoms with Crippen molar-refractivity contribution in [2.75, 3.05) is 13.2 Å². The van der Waals surface area contributed by atoms with Crippen molar-refractivity contribution in [1.82, 2.24) is 20.1 Å². The molecule has 2 amide bonds. The second-order valence-corrected chi connectivity index (χ2v) is 12.8. The summed E-state index contributed by atoms with van der Waals surface area (Å²) in [7, 11) is 0. The number of nitrogens with one attached hydrogen (secondary N) is 1. The quantitative estimate of drug-likeness (QED) is 0.240. The first-order valence-electron chi connectivity index (χ1n) is 15.0. The molecule has 0 radical (unpaired) electrons. The largest absolute Gasteiger partial charge is 0.586 e. The van der Waals surface area contributed by atoms with Crippen molar-refractivity contribution in [3.8, 4) is 28.5 Å². The first-order valence-corrected chi connectivity index (χ1v) is 15.0. The van der Waals surface area contributed by atoms with Gasteiger partial charge < -0.3 is 30.4 Å². The highest BCUT2D eigenvalue weighted by molar-refractivity contribution is 5.98. The topological polar surface area (TPSA) is 151 Å². The average molecular weight is 654 g/mol. The summed E-state index contributed by atoms with van der Waals surface area (Å²) in [5, 5.41) is 19.1. The number of fused-ring (bicyclic) bond motifs is 3. The van der Waals surface area contributed by atoms with Gasteiger partial charge in [-0.15, -0.1) is 8.78 Å². The smallest absolute Gasteiger partial charge is 0.489 e. The molecule has 2 saturated carbocycles. The zero-order valence-corrected chi connectivity index (χ0v) is 24.8. The Labute approximate surface area is 263 Å². The summed E-state index contributed by atoms with van der Waals surface area (Å²) in [5.74, 6) is -4.48. The van der Waals surface area contributed by atoms with Gasteiger partial charge in [-0.3, -0.25) is 9.59 Å². The lowest BCUT2D eigenvalue weighted by atomic mass is 9.81. The SMILES string of the molecule is C[C@]1(C(N)=O)COc2c1cc(C(O)(CNC(=O)c1cc(F)c3nn(C4(F)CC4)cc3c1)C1CC1)nc2-c1ccc2c(c1)OC(F)(F)O2. The number of carbonyl (C=O) groups excluding carboxylic acids is 2. The molecule has 2 aromatic carbocycles. The molecular weight excluding hydrogens is 626 g/mol. The molecule has 4 aromatic rings. The van der Waals surface area contributed by atoms with Gasteiger partial charge in [0.05, 0.1) is 12.2 Å². The van der Waals surface area contributed by atoms with Crippen LogP contribution in [0.15, 0.2) is 42.6 Å². The summed E-state index contributed by atoms with van der Waals surface area (Å²) in [6, 6.07) is 7.91. The van der Waals surface area contributed by atoms with Crippen LogP contribution in [-0.2, 0) is 21.6 Å². The summed E-state index contributed by atoms with van der Waals surface area (Å²) in [4.78, 5) is 30.7. The van der Waals surface area contributed by atoms with Crippen molar-refractivity contribution in [3.63, 3.8) is 0 Å². The molecule has 15 heteroatoms. The summed E-state index contributed by atoms with van der Waals surface area (Å²) in [5.41, 5.74) is 3.34. The molecule has 2 aliphatic heterocycles. The van der Waals surface area contributed by atoms with Gasteiger partial charge in [0.15, 0.2) is 17.3 Å². The second kappa shape index (κ2) is 9.56. The van der Waals surface area contributed by atoms with E-state index in [-0.39, 0.29) is 82.6 Å². The van der Waals surface area contributed by atoms with Crippen LogP contribution in [-0.4, -0.2) is 51.1 Å². The van der Waals surface area contributed by atoms with Crippen molar-refractivity contribution in [2.45, 2.75) is 55.7 Å². The number of nitrogens with two attached hydrogens (primary N) is 1. The van der Waals surface area contributed by atoms with Gasteiger partial charge in [0.1, 0.15) is 34.6 Å². The van der Waals surface area contributed by atoms with Crippen molar-refractivity contribution in [2.24, 2.45) is 11.7 Å². The highest BCUT2D eigenvalue weighted by atomic mass is 19.3. The van der Waals surface area contributed by atoms with E-state index >= 15 is 0 Å². The number of aliphatic hydroxyl groups is 1. The normalized spacial score (nSPS) is 22.8. The molecule has 0 spiro atoms. The van der Waals surface area contributed by atoms with Crippen LogP contribution in [0.3, 0.4) is 0 Å². The third-order valence-corrected chi connectivity index (χ3v) is 9.40. The van der Waals surface area contributed by atoms with E-state index in [1.807, 2.05) is 0 Å². The van der Waals surface area contributed by atoms with Crippen molar-refractivity contribution >= 4 is 22.7 Å². The molecule has 1 unspecified atom stereocenters. The van der Waals surface area contributed by atoms with Gasteiger partial charge in [0.2, 0.25) is 11.7 Å². The Morgan fingerprint density at radius 1 is 1.13 bits per heavy atom. The molecular formula is C32H27F4N5O6. The summed E-state index contributed by atoms with van der Waals surface area (Å²) in [6.07, 6.45) is -0.785. The molecule has 47 heavy (non-hydrogen) atoms. The minimum Gasteiger partial charge on any atom is -0.489 e. The number of ether oxygens (including phenoxy) is 3. The Hall–Kier alpha value is -4.92. The summed E-state index contributed by atoms with van der Waals surface area (Å²) < 4.78 is 73.1. The van der Waals surface area contributed by atoms with Gasteiger partial charge in [-0.2, -0.15) is 5.10 Å². The highest BCUT2D eigenvalue weighted by Gasteiger charge is 2.51. The predicted molar refractivity (Wildman–Crippen MR) is 155 cm³/mol. The Kier molecular flexibility index (Phi) is 6.00. The van der Waals surface area contributed by atoms with E-state index in [1.54, 1.807) is 6.92 Å². The van der Waals surface area contributed by atoms with Crippen LogP contribution >= 0.6 is 0 Å². The second-order valence-electron chi connectivity index (χ2n) is 12.8. The number of nitrogens with zero attached hydrogens (tertiary/aromatic N) is 3. The fourth-order valence-corrected chi connectivity index (χ4v) is 6.18. The Balaban J connectivity index is 1.16. The van der Waals surface area contributed by atoms with E-state index < -0.39 is 40.7 Å². The van der Waals surface area contributed by atoms with E-state index in [1.165, 1.54) is 36.5 Å². The maximum atomic E-state index is 15.0. The number of amides is 2. The Morgan fingerprint density at radius 2 is 1.87 bits per heavy atom. The maximum absolute atomic E-state index is 15.0. The van der Waals surface area contributed by atoms with E-state index in [4.69, 9.17) is 15.5 Å². The molecule has 8 rings (SSSR count). The number of aromatic nitrogens is 3. The number of carbonyl (C=O) groups is 2. The number of alkyl halides is 3. The molecule has 4 aliphatic rings. The highest BCUT2D eigenvalue weighted by Crippen LogP contribution is 2.51. The van der Waals surface area contributed by atoms with E-state index in [9.17, 15) is 32.3 Å². The molecule has 0 bridgehead atoms. The number of primary amides is 1. The molecule has 2 atom stereocenters. The number of rotatable bonds is 8. The van der Waals surface area contributed by atoms with E-state index in [0.29, 0.717) is 18.4 Å². The van der Waals surface area contributed by atoms with Crippen LogP contribution in [0.5, 0.6) is 17.2 Å². The number of hydrogen-bond acceptors (Lipinski definition) is 8. The van der Waals surface area contributed by atoms with Crippen LogP contribution in [0.25, 0.3) is 22.2 Å². The Morgan fingerprint density at radius 3 is 2.57 bits per heavy atom. The van der Waals surface area contributed by atoms with Gasteiger partial charge in [0, 0.05) is 41.1 Å². The third kappa shape index (κ3) is 4.66. The zero-order valence-electron chi connectivity index (χ0n) is 24.8. The van der Waals surface area contributed by atoms with Crippen LogP contribution in [0, 0.1) is 11.7 Å². The van der Waals surface area contributed by atoms with Gasteiger partial charge in [-0.25, -0.2) is 18.4 Å². The molecule has 2 fully saturated rings. The fourth-order valence-electron chi connectivity index (χ4n) is 6.18. The fraction of sp³-hybridized carbons (Fsp3) is 0.375. The van der Waals surface area contributed by atoms with Gasteiger partial charge in [-0.05, 0) is 62.1 Å². The van der Waals surface area contributed by atoms with Crippen LogP contribution < -0.4 is 25.3 Å².